The van der Waals surface area contributed by atoms with Crippen molar-refractivity contribution in [1.82, 2.24) is 14.4 Å². The minimum Gasteiger partial charge on any atom is -0.323 e. The van der Waals surface area contributed by atoms with E-state index in [-0.39, 0.29) is 6.04 Å². The molecule has 0 aromatic carbocycles. The van der Waals surface area contributed by atoms with Gasteiger partial charge < -0.3 is 10.1 Å². The second-order valence-corrected chi connectivity index (χ2v) is 5.72. The highest BCUT2D eigenvalue weighted by Gasteiger charge is 2.18. The van der Waals surface area contributed by atoms with E-state index in [1.54, 1.807) is 0 Å². The van der Waals surface area contributed by atoms with E-state index in [2.05, 4.69) is 23.3 Å². The molecule has 3 aromatic rings. The van der Waals surface area contributed by atoms with E-state index in [1.807, 2.05) is 28.8 Å². The van der Waals surface area contributed by atoms with Crippen LogP contribution in [0.3, 0.4) is 0 Å². The Labute approximate surface area is 123 Å². The normalized spacial score (nSPS) is 17.9. The van der Waals surface area contributed by atoms with E-state index in [4.69, 9.17) is 10.7 Å². The third-order valence-electron chi connectivity index (χ3n) is 4.16. The van der Waals surface area contributed by atoms with Gasteiger partial charge in [0.15, 0.2) is 0 Å². The molecule has 1 unspecified atom stereocenters. The summed E-state index contributed by atoms with van der Waals surface area (Å²) in [7, 11) is 0. The van der Waals surface area contributed by atoms with Crippen LogP contribution in [0.1, 0.15) is 41.5 Å². The Balaban J connectivity index is 1.66. The molecule has 21 heavy (non-hydrogen) atoms. The van der Waals surface area contributed by atoms with Crippen molar-refractivity contribution in [2.45, 2.75) is 31.7 Å². The third kappa shape index (κ3) is 2.32. The van der Waals surface area contributed by atoms with Crippen molar-refractivity contribution in [3.63, 3.8) is 0 Å². The van der Waals surface area contributed by atoms with Gasteiger partial charge in [-0.1, -0.05) is 12.1 Å². The van der Waals surface area contributed by atoms with Crippen molar-refractivity contribution >= 4 is 5.65 Å². The first kappa shape index (κ1) is 12.5. The minimum absolute atomic E-state index is 0.0924. The molecule has 0 amide bonds. The molecule has 1 atom stereocenters. The number of imidazole rings is 1. The molecule has 106 valence electrons. The van der Waals surface area contributed by atoms with Crippen LogP contribution in [0.4, 0.5) is 0 Å². The van der Waals surface area contributed by atoms with Crippen LogP contribution in [-0.4, -0.2) is 14.4 Å². The van der Waals surface area contributed by atoms with Gasteiger partial charge in [0.05, 0.1) is 11.4 Å². The van der Waals surface area contributed by atoms with Crippen LogP contribution >= 0.6 is 0 Å². The first-order chi connectivity index (χ1) is 10.3. The van der Waals surface area contributed by atoms with Gasteiger partial charge in [0.25, 0.3) is 0 Å². The Kier molecular flexibility index (Phi) is 2.97. The molecule has 3 heterocycles. The topological polar surface area (TPSA) is 56.2 Å². The smallest absolute Gasteiger partial charge is 0.136 e. The maximum absolute atomic E-state index is 6.19. The quantitative estimate of drug-likeness (QED) is 0.784. The number of aromatic nitrogens is 3. The second kappa shape index (κ2) is 4.97. The van der Waals surface area contributed by atoms with E-state index < -0.39 is 0 Å². The molecule has 0 spiro atoms. The van der Waals surface area contributed by atoms with Crippen LogP contribution < -0.4 is 5.73 Å². The lowest BCUT2D eigenvalue weighted by Gasteiger charge is -2.21. The Morgan fingerprint density at radius 2 is 2.10 bits per heavy atom. The highest BCUT2D eigenvalue weighted by atomic mass is 15.0. The number of nitrogens with two attached hydrogens (primary N) is 1. The molecular weight excluding hydrogens is 260 g/mol. The molecule has 0 aliphatic heterocycles. The van der Waals surface area contributed by atoms with Gasteiger partial charge in [-0.15, -0.1) is 0 Å². The molecule has 4 nitrogen and oxygen atoms in total. The van der Waals surface area contributed by atoms with Crippen molar-refractivity contribution in [2.24, 2.45) is 5.73 Å². The second-order valence-electron chi connectivity index (χ2n) is 5.72. The summed E-state index contributed by atoms with van der Waals surface area (Å²) in [5.41, 5.74) is 11.7. The molecule has 4 rings (SSSR count). The number of nitrogens with zero attached hydrogens (tertiary/aromatic N) is 3. The molecule has 0 bridgehead atoms. The zero-order valence-corrected chi connectivity index (χ0v) is 11.9. The minimum atomic E-state index is 0.0924. The van der Waals surface area contributed by atoms with Crippen molar-refractivity contribution in [3.8, 4) is 0 Å². The van der Waals surface area contributed by atoms with Crippen molar-refractivity contribution in [2.75, 3.05) is 0 Å². The van der Waals surface area contributed by atoms with Gasteiger partial charge in [-0.05, 0) is 43.0 Å². The fourth-order valence-corrected chi connectivity index (χ4v) is 3.08. The molecule has 0 radical (unpaired) electrons. The van der Waals surface area contributed by atoms with Gasteiger partial charge in [-0.3, -0.25) is 4.98 Å². The monoisotopic (exact) mass is 278 g/mol. The van der Waals surface area contributed by atoms with Crippen molar-refractivity contribution in [3.05, 3.63) is 65.4 Å². The summed E-state index contributed by atoms with van der Waals surface area (Å²) in [4.78, 5) is 9.42. The lowest BCUT2D eigenvalue weighted by molar-refractivity contribution is 0.552. The fourth-order valence-electron chi connectivity index (χ4n) is 3.08. The van der Waals surface area contributed by atoms with E-state index >= 15 is 0 Å². The molecule has 3 aromatic heterocycles. The molecular formula is C17H18N4. The van der Waals surface area contributed by atoms with Gasteiger partial charge in [-0.2, -0.15) is 0 Å². The average Bonchev–Trinajstić information content (AvgIpc) is 2.90. The van der Waals surface area contributed by atoms with E-state index in [0.717, 1.165) is 42.0 Å². The summed E-state index contributed by atoms with van der Waals surface area (Å²) in [6, 6.07) is 10.4. The van der Waals surface area contributed by atoms with Crippen LogP contribution in [0.15, 0.2) is 42.7 Å². The van der Waals surface area contributed by atoms with Crippen LogP contribution in [0.25, 0.3) is 5.65 Å². The summed E-state index contributed by atoms with van der Waals surface area (Å²) in [6.07, 6.45) is 8.14. The number of aryl methyl sites for hydroxylation is 1. The summed E-state index contributed by atoms with van der Waals surface area (Å²) in [5.74, 6) is 0. The van der Waals surface area contributed by atoms with Gasteiger partial charge >= 0.3 is 0 Å². The molecule has 0 saturated heterocycles. The standard InChI is InChI=1S/C17H18N4/c18-15-5-3-4-12-7-8-13(20-17(12)15)10-14-11-21-9-2-1-6-16(21)19-14/h1-2,6-9,11,15H,3-5,10,18H2. The van der Waals surface area contributed by atoms with E-state index in [9.17, 15) is 0 Å². The lowest BCUT2D eigenvalue weighted by Crippen LogP contribution is -2.19. The van der Waals surface area contributed by atoms with Crippen LogP contribution in [0, 0.1) is 0 Å². The third-order valence-corrected chi connectivity index (χ3v) is 4.16. The van der Waals surface area contributed by atoms with Gasteiger partial charge in [0.1, 0.15) is 5.65 Å². The summed E-state index contributed by atoms with van der Waals surface area (Å²) < 4.78 is 2.04. The number of pyridine rings is 2. The summed E-state index contributed by atoms with van der Waals surface area (Å²) in [5, 5.41) is 0. The zero-order chi connectivity index (χ0) is 14.2. The van der Waals surface area contributed by atoms with E-state index in [1.165, 1.54) is 12.0 Å². The Morgan fingerprint density at radius 3 is 3.00 bits per heavy atom. The predicted octanol–water partition coefficient (Wildman–Crippen LogP) is 2.66. The van der Waals surface area contributed by atoms with Gasteiger partial charge in [-0.25, -0.2) is 4.98 Å². The first-order valence-corrected chi connectivity index (χ1v) is 7.46. The molecule has 4 heteroatoms. The van der Waals surface area contributed by atoms with Crippen LogP contribution in [0.5, 0.6) is 0 Å². The fraction of sp³-hybridized carbons (Fsp3) is 0.294. The highest BCUT2D eigenvalue weighted by molar-refractivity contribution is 5.40. The van der Waals surface area contributed by atoms with Crippen molar-refractivity contribution < 1.29 is 0 Å². The SMILES string of the molecule is NC1CCCc2ccc(Cc3cn4ccccc4n3)nc21. The van der Waals surface area contributed by atoms with Crippen LogP contribution in [-0.2, 0) is 12.8 Å². The lowest BCUT2D eigenvalue weighted by atomic mass is 9.92. The Hall–Kier alpha value is -2.20. The zero-order valence-electron chi connectivity index (χ0n) is 11.9. The molecule has 0 saturated carbocycles. The maximum atomic E-state index is 6.19. The molecule has 1 aliphatic rings. The number of hydrogen-bond acceptors (Lipinski definition) is 3. The van der Waals surface area contributed by atoms with Gasteiger partial charge in [0.2, 0.25) is 0 Å². The summed E-state index contributed by atoms with van der Waals surface area (Å²) in [6.45, 7) is 0. The highest BCUT2D eigenvalue weighted by Crippen LogP contribution is 2.26. The average molecular weight is 278 g/mol. The Bertz CT molecular complexity index is 757. The summed E-state index contributed by atoms with van der Waals surface area (Å²) >= 11 is 0. The van der Waals surface area contributed by atoms with E-state index in [0.29, 0.717) is 0 Å². The number of hydrogen-bond donors (Lipinski definition) is 1. The van der Waals surface area contributed by atoms with Crippen LogP contribution in [0.2, 0.25) is 0 Å². The van der Waals surface area contributed by atoms with Crippen molar-refractivity contribution in [1.29, 1.82) is 0 Å². The molecule has 2 N–H and O–H groups in total. The first-order valence-electron chi connectivity index (χ1n) is 7.46. The molecule has 0 fully saturated rings. The number of rotatable bonds is 2. The maximum Gasteiger partial charge on any atom is 0.136 e. The van der Waals surface area contributed by atoms with Gasteiger partial charge in [0, 0.05) is 30.6 Å². The predicted molar refractivity (Wildman–Crippen MR) is 82.1 cm³/mol. The Morgan fingerprint density at radius 1 is 1.14 bits per heavy atom. The largest absolute Gasteiger partial charge is 0.323 e. The molecule has 1 aliphatic carbocycles. The number of fused-ring (bicyclic) bond motifs is 2.